The quantitative estimate of drug-likeness (QED) is 0.828. The van der Waals surface area contributed by atoms with Crippen LogP contribution in [0.3, 0.4) is 0 Å². The fourth-order valence-electron chi connectivity index (χ4n) is 2.49. The Morgan fingerprint density at radius 3 is 2.62 bits per heavy atom. The molecule has 0 spiro atoms. The Bertz CT molecular complexity index is 677. The van der Waals surface area contributed by atoms with Crippen molar-refractivity contribution in [2.24, 2.45) is 5.10 Å². The Morgan fingerprint density at radius 2 is 1.86 bits per heavy atom. The second kappa shape index (κ2) is 5.48. The molecular formula is C17H20N4. The zero-order chi connectivity index (χ0) is 14.8. The van der Waals surface area contributed by atoms with E-state index in [0.29, 0.717) is 0 Å². The third-order valence-electron chi connectivity index (χ3n) is 3.87. The number of nitrogens with zero attached hydrogens (tertiary/aromatic N) is 2. The number of aryl methyl sites for hydroxylation is 1. The van der Waals surface area contributed by atoms with Crippen molar-refractivity contribution in [1.82, 2.24) is 0 Å². The molecule has 0 fully saturated rings. The molecule has 1 heterocycles. The van der Waals surface area contributed by atoms with Crippen molar-refractivity contribution < 1.29 is 0 Å². The first-order chi connectivity index (χ1) is 10.1. The standard InChI is InChI=1S/C17H20N4/c1-12-8-9-15(13(2)17(12)18)19-16-10-11-21(20-16)14-6-4-3-5-7-14/h3-9H,10-11,18H2,1-2H3,(H,19,20). The molecule has 3 N–H and O–H groups in total. The van der Waals surface area contributed by atoms with Crippen LogP contribution in [0.15, 0.2) is 47.6 Å². The highest BCUT2D eigenvalue weighted by atomic mass is 15.5. The molecule has 0 unspecified atom stereocenters. The van der Waals surface area contributed by atoms with Crippen molar-refractivity contribution in [2.45, 2.75) is 20.3 Å². The third kappa shape index (κ3) is 2.70. The van der Waals surface area contributed by atoms with Gasteiger partial charge in [-0.3, -0.25) is 5.01 Å². The van der Waals surface area contributed by atoms with Gasteiger partial charge in [-0.15, -0.1) is 0 Å². The minimum atomic E-state index is 0.846. The molecule has 21 heavy (non-hydrogen) atoms. The predicted molar refractivity (Wildman–Crippen MR) is 89.8 cm³/mol. The molecule has 0 aliphatic carbocycles. The Labute approximate surface area is 125 Å². The van der Waals surface area contributed by atoms with Gasteiger partial charge >= 0.3 is 0 Å². The van der Waals surface area contributed by atoms with E-state index in [-0.39, 0.29) is 0 Å². The largest absolute Gasteiger partial charge is 0.398 e. The van der Waals surface area contributed by atoms with Gasteiger partial charge in [0.1, 0.15) is 5.84 Å². The molecule has 0 atom stereocenters. The summed E-state index contributed by atoms with van der Waals surface area (Å²) in [5, 5.41) is 10.1. The molecule has 0 aromatic heterocycles. The lowest BCUT2D eigenvalue weighted by atomic mass is 10.1. The second-order valence-electron chi connectivity index (χ2n) is 5.35. The molecule has 0 saturated heterocycles. The topological polar surface area (TPSA) is 53.7 Å². The van der Waals surface area contributed by atoms with E-state index in [9.17, 15) is 0 Å². The summed E-state index contributed by atoms with van der Waals surface area (Å²) in [4.78, 5) is 0. The minimum Gasteiger partial charge on any atom is -0.398 e. The van der Waals surface area contributed by atoms with Crippen molar-refractivity contribution in [3.8, 4) is 0 Å². The molecule has 4 heteroatoms. The summed E-state index contributed by atoms with van der Waals surface area (Å²) >= 11 is 0. The number of rotatable bonds is 2. The summed E-state index contributed by atoms with van der Waals surface area (Å²) in [6, 6.07) is 14.3. The van der Waals surface area contributed by atoms with E-state index in [1.807, 2.05) is 43.1 Å². The lowest BCUT2D eigenvalue weighted by Gasteiger charge is -2.13. The first-order valence-electron chi connectivity index (χ1n) is 7.18. The number of nitrogens with one attached hydrogen (secondary N) is 1. The number of hydrogen-bond donors (Lipinski definition) is 2. The van der Waals surface area contributed by atoms with Crippen LogP contribution >= 0.6 is 0 Å². The summed E-state index contributed by atoms with van der Waals surface area (Å²) in [5.41, 5.74) is 11.3. The van der Waals surface area contributed by atoms with Crippen LogP contribution in [0.25, 0.3) is 0 Å². The van der Waals surface area contributed by atoms with Crippen LogP contribution in [0, 0.1) is 13.8 Å². The Balaban J connectivity index is 1.79. The highest BCUT2D eigenvalue weighted by Gasteiger charge is 2.16. The number of para-hydroxylation sites is 1. The molecular weight excluding hydrogens is 260 g/mol. The second-order valence-corrected chi connectivity index (χ2v) is 5.35. The van der Waals surface area contributed by atoms with E-state index in [0.717, 1.165) is 47.0 Å². The number of hydrogen-bond acceptors (Lipinski definition) is 4. The summed E-state index contributed by atoms with van der Waals surface area (Å²) in [6.07, 6.45) is 0.905. The molecule has 2 aromatic carbocycles. The van der Waals surface area contributed by atoms with E-state index in [4.69, 9.17) is 5.73 Å². The number of nitrogen functional groups attached to an aromatic ring is 1. The number of benzene rings is 2. The van der Waals surface area contributed by atoms with Crippen LogP contribution in [-0.2, 0) is 0 Å². The van der Waals surface area contributed by atoms with Crippen molar-refractivity contribution in [3.63, 3.8) is 0 Å². The van der Waals surface area contributed by atoms with Gasteiger partial charge in [0.15, 0.2) is 0 Å². The maximum atomic E-state index is 6.08. The molecule has 1 aliphatic rings. The average Bonchev–Trinajstić information content (AvgIpc) is 2.97. The van der Waals surface area contributed by atoms with Crippen LogP contribution in [0.2, 0.25) is 0 Å². The van der Waals surface area contributed by atoms with Gasteiger partial charge in [0.25, 0.3) is 0 Å². The Hall–Kier alpha value is -2.49. The summed E-state index contributed by atoms with van der Waals surface area (Å²) < 4.78 is 0. The molecule has 0 bridgehead atoms. The van der Waals surface area contributed by atoms with Gasteiger partial charge in [-0.05, 0) is 43.2 Å². The van der Waals surface area contributed by atoms with Crippen LogP contribution in [0.1, 0.15) is 17.5 Å². The maximum Gasteiger partial charge on any atom is 0.129 e. The molecule has 2 aromatic rings. The number of hydrazone groups is 1. The summed E-state index contributed by atoms with van der Waals surface area (Å²) in [5.74, 6) is 0.977. The van der Waals surface area contributed by atoms with Gasteiger partial charge < -0.3 is 11.1 Å². The van der Waals surface area contributed by atoms with E-state index < -0.39 is 0 Å². The monoisotopic (exact) mass is 280 g/mol. The molecule has 1 aliphatic heterocycles. The van der Waals surface area contributed by atoms with Gasteiger partial charge in [-0.1, -0.05) is 24.3 Å². The Morgan fingerprint density at radius 1 is 1.10 bits per heavy atom. The SMILES string of the molecule is Cc1ccc(NC2=NN(c3ccccc3)CC2)c(C)c1N. The molecule has 4 nitrogen and oxygen atoms in total. The van der Waals surface area contributed by atoms with Crippen LogP contribution < -0.4 is 16.1 Å². The molecule has 108 valence electrons. The van der Waals surface area contributed by atoms with Gasteiger partial charge in [0, 0.05) is 24.3 Å². The van der Waals surface area contributed by atoms with E-state index in [2.05, 4.69) is 28.6 Å². The fourth-order valence-corrected chi connectivity index (χ4v) is 2.49. The third-order valence-corrected chi connectivity index (χ3v) is 3.87. The lowest BCUT2D eigenvalue weighted by Crippen LogP contribution is -2.11. The highest BCUT2D eigenvalue weighted by Crippen LogP contribution is 2.26. The highest BCUT2D eigenvalue weighted by molar-refractivity contribution is 5.98. The average molecular weight is 280 g/mol. The smallest absolute Gasteiger partial charge is 0.129 e. The van der Waals surface area contributed by atoms with E-state index in [1.165, 1.54) is 0 Å². The predicted octanol–water partition coefficient (Wildman–Crippen LogP) is 3.52. The van der Waals surface area contributed by atoms with Crippen molar-refractivity contribution in [3.05, 3.63) is 53.6 Å². The van der Waals surface area contributed by atoms with Gasteiger partial charge in [-0.2, -0.15) is 5.10 Å². The van der Waals surface area contributed by atoms with Crippen molar-refractivity contribution in [1.29, 1.82) is 0 Å². The zero-order valence-electron chi connectivity index (χ0n) is 12.4. The number of amidine groups is 1. The first kappa shape index (κ1) is 13.5. The van der Waals surface area contributed by atoms with Crippen LogP contribution in [-0.4, -0.2) is 12.4 Å². The zero-order valence-corrected chi connectivity index (χ0v) is 12.4. The fraction of sp³-hybridized carbons (Fsp3) is 0.235. The van der Waals surface area contributed by atoms with Gasteiger partial charge in [-0.25, -0.2) is 0 Å². The minimum absolute atomic E-state index is 0.846. The van der Waals surface area contributed by atoms with E-state index in [1.54, 1.807) is 0 Å². The molecule has 3 rings (SSSR count). The first-order valence-corrected chi connectivity index (χ1v) is 7.18. The summed E-state index contributed by atoms with van der Waals surface area (Å²) in [6.45, 7) is 4.96. The maximum absolute atomic E-state index is 6.08. The van der Waals surface area contributed by atoms with Crippen LogP contribution in [0.5, 0.6) is 0 Å². The lowest BCUT2D eigenvalue weighted by molar-refractivity contribution is 0.922. The van der Waals surface area contributed by atoms with Gasteiger partial charge in [0.05, 0.1) is 5.69 Å². The van der Waals surface area contributed by atoms with E-state index >= 15 is 0 Å². The molecule has 0 saturated carbocycles. The van der Waals surface area contributed by atoms with Crippen molar-refractivity contribution >= 4 is 22.9 Å². The van der Waals surface area contributed by atoms with Crippen LogP contribution in [0.4, 0.5) is 17.1 Å². The Kier molecular flexibility index (Phi) is 3.52. The molecule has 0 amide bonds. The van der Waals surface area contributed by atoms with Gasteiger partial charge in [0.2, 0.25) is 0 Å². The molecule has 0 radical (unpaired) electrons. The summed E-state index contributed by atoms with van der Waals surface area (Å²) in [7, 11) is 0. The number of anilines is 3. The normalized spacial score (nSPS) is 14.2. The number of nitrogens with two attached hydrogens (primary N) is 1. The van der Waals surface area contributed by atoms with Crippen molar-refractivity contribution in [2.75, 3.05) is 22.6 Å².